The van der Waals surface area contributed by atoms with Crippen LogP contribution in [0.4, 0.5) is 11.8 Å². The summed E-state index contributed by atoms with van der Waals surface area (Å²) in [4.78, 5) is 18.9. The summed E-state index contributed by atoms with van der Waals surface area (Å²) in [7, 11) is 0. The fraction of sp³-hybridized carbons (Fsp3) is 0. The van der Waals surface area contributed by atoms with Gasteiger partial charge in [-0.05, 0) is 23.3 Å². The lowest BCUT2D eigenvalue weighted by atomic mass is 10.00. The second-order valence-electron chi connectivity index (χ2n) is 5.38. The largest absolute Gasteiger partial charge is 0.478 e. The molecule has 0 unspecified atom stereocenters. The van der Waals surface area contributed by atoms with Gasteiger partial charge in [-0.2, -0.15) is 10.2 Å². The molecule has 26 heavy (non-hydrogen) atoms. The molecule has 0 saturated heterocycles. The number of aromatic carboxylic acids is 1. The third-order valence-corrected chi connectivity index (χ3v) is 4.07. The second-order valence-corrected chi connectivity index (χ2v) is 5.79. The van der Waals surface area contributed by atoms with Crippen molar-refractivity contribution in [1.82, 2.24) is 9.97 Å². The number of aromatic nitrogens is 2. The molecular formula is C18H12ClN5O2. The van der Waals surface area contributed by atoms with Crippen LogP contribution in [0.15, 0.2) is 42.5 Å². The maximum Gasteiger partial charge on any atom is 0.337 e. The fourth-order valence-electron chi connectivity index (χ4n) is 2.50. The maximum absolute atomic E-state index is 11.0. The van der Waals surface area contributed by atoms with Gasteiger partial charge in [0.25, 0.3) is 0 Å². The Kier molecular flexibility index (Phi) is 4.43. The summed E-state index contributed by atoms with van der Waals surface area (Å²) in [6.45, 7) is 0. The molecule has 0 fully saturated rings. The van der Waals surface area contributed by atoms with Crippen molar-refractivity contribution in [3.8, 4) is 28.5 Å². The minimum Gasteiger partial charge on any atom is -0.478 e. The zero-order valence-corrected chi connectivity index (χ0v) is 14.0. The Balaban J connectivity index is 2.02. The van der Waals surface area contributed by atoms with E-state index in [-0.39, 0.29) is 27.9 Å². The molecule has 8 heteroatoms. The van der Waals surface area contributed by atoms with E-state index in [0.717, 1.165) is 11.1 Å². The summed E-state index contributed by atoms with van der Waals surface area (Å²) < 4.78 is 0. The van der Waals surface area contributed by atoms with Crippen molar-refractivity contribution in [2.45, 2.75) is 0 Å². The third kappa shape index (κ3) is 3.14. The molecule has 0 spiro atoms. The van der Waals surface area contributed by atoms with Crippen LogP contribution in [0.1, 0.15) is 15.9 Å². The van der Waals surface area contributed by atoms with Crippen molar-refractivity contribution in [2.75, 3.05) is 11.5 Å². The highest BCUT2D eigenvalue weighted by Crippen LogP contribution is 2.30. The lowest BCUT2D eigenvalue weighted by molar-refractivity contribution is 0.0697. The van der Waals surface area contributed by atoms with Gasteiger partial charge in [0.2, 0.25) is 5.95 Å². The zero-order valence-electron chi connectivity index (χ0n) is 13.3. The molecule has 128 valence electrons. The summed E-state index contributed by atoms with van der Waals surface area (Å²) in [6.07, 6.45) is 0. The molecule has 0 atom stereocenters. The molecule has 1 aromatic heterocycles. The van der Waals surface area contributed by atoms with Crippen molar-refractivity contribution in [2.24, 2.45) is 0 Å². The van der Waals surface area contributed by atoms with Gasteiger partial charge in [0.05, 0.1) is 16.3 Å². The molecule has 0 bridgehead atoms. The molecule has 1 heterocycles. The molecule has 0 aliphatic heterocycles. The number of hydrogen-bond acceptors (Lipinski definition) is 6. The number of hydrogen-bond donors (Lipinski definition) is 3. The van der Waals surface area contributed by atoms with Crippen LogP contribution in [0.3, 0.4) is 0 Å². The fourth-order valence-corrected chi connectivity index (χ4v) is 2.77. The predicted octanol–water partition coefficient (Wildman–Crippen LogP) is 3.20. The van der Waals surface area contributed by atoms with Crippen LogP contribution in [-0.2, 0) is 0 Å². The van der Waals surface area contributed by atoms with Gasteiger partial charge >= 0.3 is 5.97 Å². The number of nitrogens with zero attached hydrogens (tertiary/aromatic N) is 3. The van der Waals surface area contributed by atoms with Crippen LogP contribution in [0.2, 0.25) is 5.02 Å². The van der Waals surface area contributed by atoms with Crippen molar-refractivity contribution < 1.29 is 9.90 Å². The quantitative estimate of drug-likeness (QED) is 0.647. The van der Waals surface area contributed by atoms with Crippen LogP contribution in [0.5, 0.6) is 0 Å². The van der Waals surface area contributed by atoms with Crippen molar-refractivity contribution >= 4 is 29.3 Å². The number of anilines is 2. The molecule has 3 rings (SSSR count). The van der Waals surface area contributed by atoms with Gasteiger partial charge in [0.15, 0.2) is 0 Å². The van der Waals surface area contributed by atoms with Gasteiger partial charge in [0, 0.05) is 5.56 Å². The topological polar surface area (TPSA) is 139 Å². The Hall–Kier alpha value is -3.63. The molecule has 5 N–H and O–H groups in total. The number of carbonyl (C=O) groups is 1. The van der Waals surface area contributed by atoms with Crippen LogP contribution < -0.4 is 11.5 Å². The van der Waals surface area contributed by atoms with E-state index in [1.807, 2.05) is 6.07 Å². The summed E-state index contributed by atoms with van der Waals surface area (Å²) in [5, 5.41) is 18.5. The highest BCUT2D eigenvalue weighted by atomic mass is 35.5. The van der Waals surface area contributed by atoms with E-state index in [1.54, 1.807) is 36.4 Å². The molecule has 2 aromatic carbocycles. The number of nitriles is 1. The van der Waals surface area contributed by atoms with Crippen LogP contribution in [0.25, 0.3) is 22.4 Å². The monoisotopic (exact) mass is 365 g/mol. The summed E-state index contributed by atoms with van der Waals surface area (Å²) in [5.41, 5.74) is 14.1. The van der Waals surface area contributed by atoms with Crippen molar-refractivity contribution in [3.05, 3.63) is 58.6 Å². The first-order chi connectivity index (χ1) is 12.4. The summed E-state index contributed by atoms with van der Waals surface area (Å²) in [5.74, 6) is -1.08. The molecule has 0 saturated carbocycles. The normalized spacial score (nSPS) is 10.3. The Morgan fingerprint density at radius 3 is 2.23 bits per heavy atom. The van der Waals surface area contributed by atoms with E-state index in [1.165, 1.54) is 6.07 Å². The molecule has 0 aliphatic rings. The minimum atomic E-state index is -1.08. The van der Waals surface area contributed by atoms with Gasteiger partial charge in [-0.3, -0.25) is 0 Å². The van der Waals surface area contributed by atoms with E-state index in [0.29, 0.717) is 11.3 Å². The SMILES string of the molecule is N#Cc1c(N)nc(N)nc1-c1ccc(-c2ccc(C(=O)O)c(Cl)c2)cc1. The highest BCUT2D eigenvalue weighted by Gasteiger charge is 2.14. The minimum absolute atomic E-state index is 0.0170. The van der Waals surface area contributed by atoms with E-state index >= 15 is 0 Å². The number of nitrogen functional groups attached to an aromatic ring is 2. The van der Waals surface area contributed by atoms with Crippen molar-refractivity contribution in [1.29, 1.82) is 5.26 Å². The third-order valence-electron chi connectivity index (χ3n) is 3.76. The molecule has 0 aliphatic carbocycles. The Morgan fingerprint density at radius 1 is 1.04 bits per heavy atom. The number of carboxylic acid groups (broad SMARTS) is 1. The standard InChI is InChI=1S/C18H12ClN5O2/c19-14-7-11(5-6-12(14)17(25)26)9-1-3-10(4-2-9)15-13(8-20)16(21)24-18(22)23-15/h1-7H,(H,25,26)(H4,21,22,23,24). The Labute approximate surface area is 153 Å². The average molecular weight is 366 g/mol. The number of benzene rings is 2. The average Bonchev–Trinajstić information content (AvgIpc) is 2.61. The molecule has 7 nitrogen and oxygen atoms in total. The van der Waals surface area contributed by atoms with E-state index in [2.05, 4.69) is 9.97 Å². The number of carboxylic acids is 1. The summed E-state index contributed by atoms with van der Waals surface area (Å²) in [6, 6.07) is 13.8. The highest BCUT2D eigenvalue weighted by molar-refractivity contribution is 6.33. The van der Waals surface area contributed by atoms with E-state index in [9.17, 15) is 10.1 Å². The second kappa shape index (κ2) is 6.70. The first-order valence-electron chi connectivity index (χ1n) is 7.37. The lowest BCUT2D eigenvalue weighted by Crippen LogP contribution is -2.04. The summed E-state index contributed by atoms with van der Waals surface area (Å²) >= 11 is 6.01. The molecule has 3 aromatic rings. The van der Waals surface area contributed by atoms with Crippen LogP contribution in [-0.4, -0.2) is 21.0 Å². The van der Waals surface area contributed by atoms with Gasteiger partial charge < -0.3 is 16.6 Å². The first kappa shape index (κ1) is 17.2. The maximum atomic E-state index is 11.0. The van der Waals surface area contributed by atoms with Gasteiger partial charge in [-0.25, -0.2) is 9.78 Å². The molecular weight excluding hydrogens is 354 g/mol. The van der Waals surface area contributed by atoms with Gasteiger partial charge in [-0.1, -0.05) is 41.9 Å². The Bertz CT molecular complexity index is 1060. The smallest absolute Gasteiger partial charge is 0.337 e. The van der Waals surface area contributed by atoms with Gasteiger partial charge in [-0.15, -0.1) is 0 Å². The number of rotatable bonds is 3. The van der Waals surface area contributed by atoms with Crippen LogP contribution in [0, 0.1) is 11.3 Å². The zero-order chi connectivity index (χ0) is 18.8. The van der Waals surface area contributed by atoms with Crippen molar-refractivity contribution in [3.63, 3.8) is 0 Å². The van der Waals surface area contributed by atoms with Crippen LogP contribution >= 0.6 is 11.6 Å². The molecule has 0 amide bonds. The molecule has 0 radical (unpaired) electrons. The predicted molar refractivity (Wildman–Crippen MR) is 98.4 cm³/mol. The Morgan fingerprint density at radius 2 is 1.65 bits per heavy atom. The van der Waals surface area contributed by atoms with Gasteiger partial charge in [0.1, 0.15) is 17.5 Å². The number of nitrogens with two attached hydrogens (primary N) is 2. The first-order valence-corrected chi connectivity index (χ1v) is 7.75. The number of halogens is 1. The van der Waals surface area contributed by atoms with E-state index < -0.39 is 5.97 Å². The van der Waals surface area contributed by atoms with E-state index in [4.69, 9.17) is 28.2 Å². The lowest BCUT2D eigenvalue weighted by Gasteiger charge is -2.08.